The van der Waals surface area contributed by atoms with Crippen molar-refractivity contribution in [2.24, 2.45) is 12.5 Å². The van der Waals surface area contributed by atoms with E-state index < -0.39 is 5.41 Å². The molecule has 4 heterocycles. The van der Waals surface area contributed by atoms with Crippen LogP contribution in [-0.2, 0) is 18.4 Å². The van der Waals surface area contributed by atoms with Gasteiger partial charge in [-0.05, 0) is 43.5 Å². The second kappa shape index (κ2) is 7.97. The number of likely N-dealkylation sites (tertiary alicyclic amines) is 2. The van der Waals surface area contributed by atoms with Crippen LogP contribution in [0.15, 0.2) is 59.1 Å². The van der Waals surface area contributed by atoms with E-state index >= 15 is 0 Å². The van der Waals surface area contributed by atoms with Crippen LogP contribution in [0.3, 0.4) is 0 Å². The van der Waals surface area contributed by atoms with Gasteiger partial charge in [0, 0.05) is 51.0 Å². The molecule has 2 saturated heterocycles. The Hall–Kier alpha value is -3.35. The molecule has 0 bridgehead atoms. The topological polar surface area (TPSA) is 71.6 Å². The van der Waals surface area contributed by atoms with E-state index in [0.717, 1.165) is 30.6 Å². The van der Waals surface area contributed by atoms with E-state index in [2.05, 4.69) is 17.2 Å². The zero-order valence-corrected chi connectivity index (χ0v) is 18.5. The summed E-state index contributed by atoms with van der Waals surface area (Å²) in [5.74, 6) is 0.891. The number of amides is 2. The molecule has 1 aromatic carbocycles. The maximum Gasteiger partial charge on any atom is 0.289 e. The summed E-state index contributed by atoms with van der Waals surface area (Å²) in [4.78, 5) is 31.0. The number of nitrogens with zero attached hydrogens (tertiary/aromatic N) is 4. The van der Waals surface area contributed by atoms with Crippen molar-refractivity contribution < 1.29 is 14.0 Å². The maximum absolute atomic E-state index is 14.0. The fraction of sp³-hybridized carbons (Fsp3) is 0.400. The van der Waals surface area contributed by atoms with Crippen LogP contribution in [0.5, 0.6) is 0 Å². The number of aryl methyl sites for hydroxylation is 2. The van der Waals surface area contributed by atoms with E-state index in [0.29, 0.717) is 31.2 Å². The summed E-state index contributed by atoms with van der Waals surface area (Å²) in [6.07, 6.45) is 3.43. The zero-order valence-electron chi connectivity index (χ0n) is 18.5. The molecule has 0 unspecified atom stereocenters. The van der Waals surface area contributed by atoms with Crippen LogP contribution < -0.4 is 0 Å². The van der Waals surface area contributed by atoms with Gasteiger partial charge < -0.3 is 14.2 Å². The predicted molar refractivity (Wildman–Crippen MR) is 119 cm³/mol. The second-order valence-electron chi connectivity index (χ2n) is 9.00. The van der Waals surface area contributed by atoms with Crippen LogP contribution in [0.4, 0.5) is 0 Å². The van der Waals surface area contributed by atoms with Gasteiger partial charge in [-0.15, -0.1) is 0 Å². The average molecular weight is 433 g/mol. The lowest BCUT2D eigenvalue weighted by Crippen LogP contribution is -2.52. The summed E-state index contributed by atoms with van der Waals surface area (Å²) in [5.41, 5.74) is 1.45. The minimum atomic E-state index is -0.655. The SMILES string of the molecule is Cc1ccc(C(=O)N2C[C@@H](c3ccnn3C)[C@@]3(CCCN(Cc4ccccc4)C3=O)C2)o1. The molecule has 2 aliphatic rings. The number of rotatable bonds is 4. The molecule has 5 rings (SSSR count). The third kappa shape index (κ3) is 3.42. The molecule has 166 valence electrons. The molecule has 7 nitrogen and oxygen atoms in total. The maximum atomic E-state index is 14.0. The number of carbonyl (C=O) groups is 2. The summed E-state index contributed by atoms with van der Waals surface area (Å²) in [7, 11) is 1.90. The summed E-state index contributed by atoms with van der Waals surface area (Å²) in [6.45, 7) is 4.02. The Morgan fingerprint density at radius 1 is 1.19 bits per heavy atom. The van der Waals surface area contributed by atoms with Crippen molar-refractivity contribution in [2.75, 3.05) is 19.6 Å². The average Bonchev–Trinajstić information content (AvgIpc) is 3.51. The highest BCUT2D eigenvalue weighted by molar-refractivity contribution is 5.94. The Kier molecular flexibility index (Phi) is 5.12. The molecule has 0 radical (unpaired) electrons. The molecule has 0 saturated carbocycles. The van der Waals surface area contributed by atoms with Crippen molar-refractivity contribution in [3.05, 3.63) is 77.5 Å². The van der Waals surface area contributed by atoms with Crippen LogP contribution in [0.1, 0.15) is 46.3 Å². The summed E-state index contributed by atoms with van der Waals surface area (Å²) in [5, 5.41) is 4.35. The highest BCUT2D eigenvalue weighted by atomic mass is 16.3. The monoisotopic (exact) mass is 432 g/mol. The van der Waals surface area contributed by atoms with Crippen LogP contribution in [0, 0.1) is 12.3 Å². The Labute approximate surface area is 187 Å². The normalized spacial score (nSPS) is 23.3. The van der Waals surface area contributed by atoms with Gasteiger partial charge in [0.1, 0.15) is 5.76 Å². The minimum Gasteiger partial charge on any atom is -0.456 e. The van der Waals surface area contributed by atoms with Crippen LogP contribution in [0.25, 0.3) is 0 Å². The van der Waals surface area contributed by atoms with Crippen molar-refractivity contribution in [1.29, 1.82) is 0 Å². The van der Waals surface area contributed by atoms with E-state index in [1.807, 2.05) is 47.8 Å². The highest BCUT2D eigenvalue weighted by Crippen LogP contribution is 2.49. The number of carbonyl (C=O) groups excluding carboxylic acids is 2. The van der Waals surface area contributed by atoms with E-state index in [1.165, 1.54) is 0 Å². The molecule has 0 aliphatic carbocycles. The molecule has 3 aromatic rings. The minimum absolute atomic E-state index is 0.110. The van der Waals surface area contributed by atoms with Crippen molar-refractivity contribution in [2.45, 2.75) is 32.2 Å². The van der Waals surface area contributed by atoms with Gasteiger partial charge in [-0.1, -0.05) is 30.3 Å². The van der Waals surface area contributed by atoms with Crippen molar-refractivity contribution in [3.63, 3.8) is 0 Å². The molecule has 32 heavy (non-hydrogen) atoms. The zero-order chi connectivity index (χ0) is 22.3. The predicted octanol–water partition coefficient (Wildman–Crippen LogP) is 3.37. The molecule has 1 spiro atoms. The Balaban J connectivity index is 1.49. The molecule has 2 atom stereocenters. The number of hydrogen-bond donors (Lipinski definition) is 0. The van der Waals surface area contributed by atoms with Crippen molar-refractivity contribution >= 4 is 11.8 Å². The second-order valence-corrected chi connectivity index (χ2v) is 9.00. The van der Waals surface area contributed by atoms with E-state index in [4.69, 9.17) is 4.42 Å². The number of benzene rings is 1. The molecular formula is C25H28N4O3. The van der Waals surface area contributed by atoms with Gasteiger partial charge in [0.25, 0.3) is 5.91 Å². The molecule has 2 aromatic heterocycles. The number of piperidine rings is 1. The van der Waals surface area contributed by atoms with Crippen molar-refractivity contribution in [3.8, 4) is 0 Å². The third-order valence-electron chi connectivity index (χ3n) is 6.98. The molecule has 0 N–H and O–H groups in total. The fourth-order valence-electron chi connectivity index (χ4n) is 5.41. The smallest absolute Gasteiger partial charge is 0.289 e. The van der Waals surface area contributed by atoms with Gasteiger partial charge in [0.2, 0.25) is 5.91 Å². The largest absolute Gasteiger partial charge is 0.456 e. The Bertz CT molecular complexity index is 1140. The third-order valence-corrected chi connectivity index (χ3v) is 6.98. The van der Waals surface area contributed by atoms with Gasteiger partial charge in [-0.25, -0.2) is 0 Å². The number of hydrogen-bond acceptors (Lipinski definition) is 4. The Morgan fingerprint density at radius 2 is 2.00 bits per heavy atom. The quantitative estimate of drug-likeness (QED) is 0.634. The first-order valence-electron chi connectivity index (χ1n) is 11.1. The molecule has 2 fully saturated rings. The summed E-state index contributed by atoms with van der Waals surface area (Å²) in [6, 6.07) is 15.6. The molecule has 2 aliphatic heterocycles. The summed E-state index contributed by atoms with van der Waals surface area (Å²) >= 11 is 0. The van der Waals surface area contributed by atoms with Gasteiger partial charge in [0.15, 0.2) is 5.76 Å². The van der Waals surface area contributed by atoms with Gasteiger partial charge in [-0.3, -0.25) is 14.3 Å². The highest BCUT2D eigenvalue weighted by Gasteiger charge is 2.57. The fourth-order valence-corrected chi connectivity index (χ4v) is 5.41. The Morgan fingerprint density at radius 3 is 2.69 bits per heavy atom. The molecular weight excluding hydrogens is 404 g/mol. The first kappa shape index (κ1) is 20.5. The van der Waals surface area contributed by atoms with E-state index in [-0.39, 0.29) is 17.7 Å². The van der Waals surface area contributed by atoms with Gasteiger partial charge >= 0.3 is 0 Å². The lowest BCUT2D eigenvalue weighted by atomic mass is 9.70. The van der Waals surface area contributed by atoms with Crippen LogP contribution in [0.2, 0.25) is 0 Å². The first-order valence-corrected chi connectivity index (χ1v) is 11.1. The summed E-state index contributed by atoms with van der Waals surface area (Å²) < 4.78 is 7.44. The van der Waals surface area contributed by atoms with E-state index in [1.54, 1.807) is 23.2 Å². The molecule has 2 amide bonds. The number of aromatic nitrogens is 2. The number of furan rings is 1. The first-order chi connectivity index (χ1) is 15.5. The van der Waals surface area contributed by atoms with Crippen molar-refractivity contribution in [1.82, 2.24) is 19.6 Å². The molecule has 7 heteroatoms. The standard InChI is InChI=1S/C25H28N4O3/c1-18-9-10-22(32-18)23(30)29-16-20(21-11-13-26-27(21)2)25(17-29)12-6-14-28(24(25)31)15-19-7-4-3-5-8-19/h3-5,7-11,13,20H,6,12,14-17H2,1-2H3/t20-,25+/m0/s1. The lowest BCUT2D eigenvalue weighted by Gasteiger charge is -2.42. The van der Waals surface area contributed by atoms with Crippen LogP contribution >= 0.6 is 0 Å². The van der Waals surface area contributed by atoms with Gasteiger partial charge in [-0.2, -0.15) is 5.10 Å². The van der Waals surface area contributed by atoms with E-state index in [9.17, 15) is 9.59 Å². The van der Waals surface area contributed by atoms with Crippen LogP contribution in [-0.4, -0.2) is 51.0 Å². The lowest BCUT2D eigenvalue weighted by molar-refractivity contribution is -0.147. The van der Waals surface area contributed by atoms with Gasteiger partial charge in [0.05, 0.1) is 5.41 Å².